The van der Waals surface area contributed by atoms with Gasteiger partial charge in [0, 0.05) is 16.1 Å². The number of hydrogen-bond donors (Lipinski definition) is 1. The summed E-state index contributed by atoms with van der Waals surface area (Å²) in [6.07, 6.45) is 3.34. The number of aromatic carboxylic acids is 1. The summed E-state index contributed by atoms with van der Waals surface area (Å²) >= 11 is 1.56. The molecule has 6 heteroatoms. The molecule has 140 valence electrons. The molecule has 1 N–H and O–H groups in total. The minimum absolute atomic E-state index is 0.0151. The zero-order valence-corrected chi connectivity index (χ0v) is 15.8. The maximum atomic E-state index is 13.2. The predicted molar refractivity (Wildman–Crippen MR) is 104 cm³/mol. The topological polar surface area (TPSA) is 59.3 Å². The van der Waals surface area contributed by atoms with Crippen LogP contribution in [-0.2, 0) is 25.8 Å². The Morgan fingerprint density at radius 2 is 2.07 bits per heavy atom. The molecule has 0 aliphatic heterocycles. The summed E-state index contributed by atoms with van der Waals surface area (Å²) in [5.74, 6) is -0.833. The first-order valence-electron chi connectivity index (χ1n) is 9.10. The first-order valence-corrected chi connectivity index (χ1v) is 9.91. The molecule has 1 aliphatic carbocycles. The van der Waals surface area contributed by atoms with Gasteiger partial charge in [0.25, 0.3) is 5.56 Å². The van der Waals surface area contributed by atoms with Crippen molar-refractivity contribution in [3.05, 3.63) is 68.2 Å². The fourth-order valence-corrected chi connectivity index (χ4v) is 5.29. The number of halogens is 1. The van der Waals surface area contributed by atoms with Crippen molar-refractivity contribution in [1.29, 1.82) is 0 Å². The second-order valence-electron chi connectivity index (χ2n) is 7.26. The molecular formula is C21H20FNO3S. The smallest absolute Gasteiger partial charge is 0.352 e. The van der Waals surface area contributed by atoms with Crippen LogP contribution < -0.4 is 5.56 Å². The Labute approximate surface area is 159 Å². The maximum absolute atomic E-state index is 13.2. The first kappa shape index (κ1) is 17.9. The van der Waals surface area contributed by atoms with Gasteiger partial charge in [-0.1, -0.05) is 19.1 Å². The first-order chi connectivity index (χ1) is 12.9. The molecular weight excluding hydrogens is 365 g/mol. The molecule has 4 nitrogen and oxygen atoms in total. The van der Waals surface area contributed by atoms with Crippen LogP contribution in [0.3, 0.4) is 0 Å². The molecule has 0 fully saturated rings. The number of carboxylic acid groups (broad SMARTS) is 1. The van der Waals surface area contributed by atoms with Crippen molar-refractivity contribution in [2.75, 3.05) is 0 Å². The quantitative estimate of drug-likeness (QED) is 0.730. The summed E-state index contributed by atoms with van der Waals surface area (Å²) in [5, 5.41) is 10.3. The van der Waals surface area contributed by atoms with Gasteiger partial charge in [-0.05, 0) is 60.9 Å². The second-order valence-corrected chi connectivity index (χ2v) is 8.40. The number of aromatic nitrogens is 1. The van der Waals surface area contributed by atoms with E-state index < -0.39 is 5.97 Å². The third-order valence-electron chi connectivity index (χ3n) is 5.31. The molecule has 0 bridgehead atoms. The van der Waals surface area contributed by atoms with Crippen molar-refractivity contribution < 1.29 is 14.3 Å². The molecule has 2 aromatic heterocycles. The van der Waals surface area contributed by atoms with Gasteiger partial charge in [0.2, 0.25) is 0 Å². The van der Waals surface area contributed by atoms with E-state index in [0.29, 0.717) is 17.7 Å². The van der Waals surface area contributed by atoms with Gasteiger partial charge in [-0.15, -0.1) is 11.3 Å². The molecule has 1 unspecified atom stereocenters. The summed E-state index contributed by atoms with van der Waals surface area (Å²) in [5.41, 5.74) is 1.76. The summed E-state index contributed by atoms with van der Waals surface area (Å²) in [6, 6.07) is 7.70. The summed E-state index contributed by atoms with van der Waals surface area (Å²) in [4.78, 5) is 26.2. The van der Waals surface area contributed by atoms with E-state index in [1.165, 1.54) is 21.6 Å². The minimum atomic E-state index is -1.10. The Balaban J connectivity index is 1.79. The summed E-state index contributed by atoms with van der Waals surface area (Å²) in [6.45, 7) is 2.46. The van der Waals surface area contributed by atoms with Crippen molar-refractivity contribution in [3.8, 4) is 0 Å². The van der Waals surface area contributed by atoms with Crippen LogP contribution in [0.5, 0.6) is 0 Å². The van der Waals surface area contributed by atoms with E-state index in [1.54, 1.807) is 29.5 Å². The molecule has 4 rings (SSSR count). The molecule has 27 heavy (non-hydrogen) atoms. The van der Waals surface area contributed by atoms with Crippen molar-refractivity contribution in [2.45, 2.75) is 39.2 Å². The van der Waals surface area contributed by atoms with Crippen molar-refractivity contribution in [3.63, 3.8) is 0 Å². The van der Waals surface area contributed by atoms with Crippen LogP contribution in [0, 0.1) is 11.7 Å². The SMILES string of the molecule is CC1CCc2c(sc3cc(C(=O)O)n(CCc4ccc(F)cc4)c(=O)c23)C1. The van der Waals surface area contributed by atoms with Gasteiger partial charge in [0.05, 0.1) is 5.39 Å². The average Bonchev–Trinajstić information content (AvgIpc) is 2.99. The van der Waals surface area contributed by atoms with Crippen LogP contribution in [0.15, 0.2) is 35.1 Å². The van der Waals surface area contributed by atoms with Crippen LogP contribution in [-0.4, -0.2) is 15.6 Å². The molecule has 3 aromatic rings. The standard InChI is InChI=1S/C21H20FNO3S/c1-12-2-7-15-17(10-12)27-18-11-16(21(25)26)23(20(24)19(15)18)9-8-13-3-5-14(22)6-4-13/h3-6,11-12H,2,7-10H2,1H3,(H,25,26). The third-order valence-corrected chi connectivity index (χ3v) is 6.51. The zero-order chi connectivity index (χ0) is 19.1. The molecule has 0 spiro atoms. The number of benzene rings is 1. The van der Waals surface area contributed by atoms with Crippen LogP contribution in [0.2, 0.25) is 0 Å². The Morgan fingerprint density at radius 3 is 2.78 bits per heavy atom. The van der Waals surface area contributed by atoms with E-state index in [2.05, 4.69) is 6.92 Å². The highest BCUT2D eigenvalue weighted by Crippen LogP contribution is 2.36. The highest BCUT2D eigenvalue weighted by Gasteiger charge is 2.24. The monoisotopic (exact) mass is 385 g/mol. The minimum Gasteiger partial charge on any atom is -0.477 e. The predicted octanol–water partition coefficient (Wildman–Crippen LogP) is 4.27. The Hall–Kier alpha value is -2.47. The van der Waals surface area contributed by atoms with Gasteiger partial charge in [-0.25, -0.2) is 9.18 Å². The number of pyridine rings is 1. The summed E-state index contributed by atoms with van der Waals surface area (Å²) in [7, 11) is 0. The highest BCUT2D eigenvalue weighted by atomic mass is 32.1. The van der Waals surface area contributed by atoms with Gasteiger partial charge >= 0.3 is 5.97 Å². The lowest BCUT2D eigenvalue weighted by molar-refractivity contribution is 0.0683. The number of hydrogen-bond acceptors (Lipinski definition) is 3. The Bertz CT molecular complexity index is 1080. The van der Waals surface area contributed by atoms with E-state index in [9.17, 15) is 19.1 Å². The van der Waals surface area contributed by atoms with Gasteiger partial charge in [-0.2, -0.15) is 0 Å². The molecule has 1 aromatic carbocycles. The highest BCUT2D eigenvalue weighted by molar-refractivity contribution is 7.19. The van der Waals surface area contributed by atoms with Crippen LogP contribution in [0.1, 0.15) is 39.8 Å². The number of carbonyl (C=O) groups is 1. The lowest BCUT2D eigenvalue weighted by Gasteiger charge is -2.18. The van der Waals surface area contributed by atoms with Crippen LogP contribution in [0.4, 0.5) is 4.39 Å². The van der Waals surface area contributed by atoms with Crippen LogP contribution in [0.25, 0.3) is 10.1 Å². The molecule has 0 amide bonds. The molecule has 0 saturated heterocycles. The molecule has 0 saturated carbocycles. The van der Waals surface area contributed by atoms with E-state index in [0.717, 1.165) is 35.1 Å². The zero-order valence-electron chi connectivity index (χ0n) is 15.0. The number of rotatable bonds is 4. The number of nitrogens with zero attached hydrogens (tertiary/aromatic N) is 1. The fourth-order valence-electron chi connectivity index (χ4n) is 3.85. The normalized spacial score (nSPS) is 16.4. The van der Waals surface area contributed by atoms with Crippen molar-refractivity contribution >= 4 is 27.4 Å². The number of carboxylic acids is 1. The lowest BCUT2D eigenvalue weighted by atomic mass is 9.89. The van der Waals surface area contributed by atoms with Crippen LogP contribution >= 0.6 is 11.3 Å². The lowest BCUT2D eigenvalue weighted by Crippen LogP contribution is -2.27. The Kier molecular flexibility index (Phi) is 4.60. The van der Waals surface area contributed by atoms with E-state index in [-0.39, 0.29) is 23.6 Å². The number of thiophene rings is 1. The van der Waals surface area contributed by atoms with Crippen molar-refractivity contribution in [1.82, 2.24) is 4.57 Å². The number of aryl methyl sites for hydroxylation is 2. The van der Waals surface area contributed by atoms with Gasteiger partial charge in [-0.3, -0.25) is 4.79 Å². The van der Waals surface area contributed by atoms with E-state index in [4.69, 9.17) is 0 Å². The van der Waals surface area contributed by atoms with E-state index >= 15 is 0 Å². The fraction of sp³-hybridized carbons (Fsp3) is 0.333. The molecule has 1 aliphatic rings. The Morgan fingerprint density at radius 1 is 1.33 bits per heavy atom. The average molecular weight is 385 g/mol. The second kappa shape index (κ2) is 6.93. The van der Waals surface area contributed by atoms with Crippen molar-refractivity contribution in [2.24, 2.45) is 5.92 Å². The summed E-state index contributed by atoms with van der Waals surface area (Å²) < 4.78 is 15.2. The van der Waals surface area contributed by atoms with Gasteiger partial charge < -0.3 is 9.67 Å². The molecule has 0 radical (unpaired) electrons. The largest absolute Gasteiger partial charge is 0.477 e. The maximum Gasteiger partial charge on any atom is 0.352 e. The number of fused-ring (bicyclic) bond motifs is 3. The van der Waals surface area contributed by atoms with Gasteiger partial charge in [0.1, 0.15) is 11.5 Å². The molecule has 1 atom stereocenters. The van der Waals surface area contributed by atoms with Gasteiger partial charge in [0.15, 0.2) is 0 Å². The van der Waals surface area contributed by atoms with E-state index in [1.807, 2.05) is 0 Å². The molecule has 2 heterocycles. The third kappa shape index (κ3) is 3.30.